The molecule has 0 radical (unpaired) electrons. The zero-order valence-corrected chi connectivity index (χ0v) is 18.8. The number of imidazole rings is 1. The molecule has 0 atom stereocenters. The Labute approximate surface area is 195 Å². The number of fused-ring (bicyclic) bond motifs is 3. The van der Waals surface area contributed by atoms with E-state index in [9.17, 15) is 9.59 Å². The fraction of sp³-hybridized carbons (Fsp3) is 0.143. The van der Waals surface area contributed by atoms with Gasteiger partial charge in [0.15, 0.2) is 11.6 Å². The molecule has 3 aromatic carbocycles. The largest absolute Gasteiger partial charge is 0.416 e. The van der Waals surface area contributed by atoms with Crippen molar-refractivity contribution in [3.8, 4) is 11.5 Å². The lowest BCUT2D eigenvalue weighted by Gasteiger charge is -2.08. The highest BCUT2D eigenvalue weighted by Gasteiger charge is 2.34. The molecular formula is C28H21N3O3. The summed E-state index contributed by atoms with van der Waals surface area (Å²) < 4.78 is 7.87. The van der Waals surface area contributed by atoms with Crippen LogP contribution in [0.15, 0.2) is 76.7 Å². The molecule has 0 saturated heterocycles. The van der Waals surface area contributed by atoms with Crippen molar-refractivity contribution in [2.45, 2.75) is 20.4 Å². The van der Waals surface area contributed by atoms with Crippen LogP contribution in [0.2, 0.25) is 0 Å². The molecule has 0 saturated carbocycles. The van der Waals surface area contributed by atoms with E-state index in [0.29, 0.717) is 46.7 Å². The minimum atomic E-state index is -0.278. The number of hydrogen-bond donors (Lipinski definition) is 0. The first kappa shape index (κ1) is 20.3. The summed E-state index contributed by atoms with van der Waals surface area (Å²) in [6.07, 6.45) is 1.58. The SMILES string of the molecule is CC(C)Cn1c(C=C2C(=O)c3cc4ccccc4cc3C2=O)nc2oc(-c3ccccc3)nc21. The van der Waals surface area contributed by atoms with E-state index >= 15 is 0 Å². The smallest absolute Gasteiger partial charge is 0.267 e. The summed E-state index contributed by atoms with van der Waals surface area (Å²) in [5, 5.41) is 1.86. The molecule has 0 bridgehead atoms. The molecule has 34 heavy (non-hydrogen) atoms. The minimum Gasteiger partial charge on any atom is -0.416 e. The van der Waals surface area contributed by atoms with Gasteiger partial charge in [-0.2, -0.15) is 9.97 Å². The Morgan fingerprint density at radius 1 is 0.882 bits per heavy atom. The van der Waals surface area contributed by atoms with Crippen LogP contribution in [0.1, 0.15) is 40.4 Å². The van der Waals surface area contributed by atoms with Crippen LogP contribution in [0, 0.1) is 5.92 Å². The fourth-order valence-electron chi connectivity index (χ4n) is 4.45. The molecule has 0 spiro atoms. The van der Waals surface area contributed by atoms with Gasteiger partial charge in [0.1, 0.15) is 5.82 Å². The molecule has 0 aliphatic heterocycles. The molecule has 166 valence electrons. The van der Waals surface area contributed by atoms with E-state index in [2.05, 4.69) is 23.8 Å². The van der Waals surface area contributed by atoms with Crippen molar-refractivity contribution < 1.29 is 14.0 Å². The zero-order chi connectivity index (χ0) is 23.4. The number of benzene rings is 3. The molecule has 6 heteroatoms. The monoisotopic (exact) mass is 447 g/mol. The molecule has 5 aromatic rings. The fourth-order valence-corrected chi connectivity index (χ4v) is 4.45. The van der Waals surface area contributed by atoms with Crippen LogP contribution in [-0.2, 0) is 6.54 Å². The molecule has 0 fully saturated rings. The van der Waals surface area contributed by atoms with Crippen LogP contribution in [0.25, 0.3) is 39.7 Å². The number of carbonyl (C=O) groups is 2. The number of rotatable bonds is 4. The Hall–Kier alpha value is -4.32. The van der Waals surface area contributed by atoms with E-state index in [4.69, 9.17) is 4.42 Å². The Kier molecular flexibility index (Phi) is 4.55. The van der Waals surface area contributed by atoms with Crippen molar-refractivity contribution in [3.63, 3.8) is 0 Å². The Morgan fingerprint density at radius 2 is 1.50 bits per heavy atom. The summed E-state index contributed by atoms with van der Waals surface area (Å²) in [6.45, 7) is 4.80. The second-order valence-electron chi connectivity index (χ2n) is 8.95. The van der Waals surface area contributed by atoms with Crippen LogP contribution in [0.5, 0.6) is 0 Å². The van der Waals surface area contributed by atoms with Crippen molar-refractivity contribution in [2.24, 2.45) is 5.92 Å². The highest BCUT2D eigenvalue weighted by Crippen LogP contribution is 2.32. The summed E-state index contributed by atoms with van der Waals surface area (Å²) in [5.74, 6) is 0.716. The third kappa shape index (κ3) is 3.18. The number of oxazole rings is 1. The molecule has 2 aromatic heterocycles. The third-order valence-corrected chi connectivity index (χ3v) is 6.05. The maximum absolute atomic E-state index is 13.2. The van der Waals surface area contributed by atoms with Gasteiger partial charge in [0.05, 0.1) is 5.57 Å². The van der Waals surface area contributed by atoms with E-state index in [0.717, 1.165) is 16.3 Å². The number of carbonyl (C=O) groups excluding carboxylic acids is 2. The number of ketones is 2. The van der Waals surface area contributed by atoms with Gasteiger partial charge >= 0.3 is 0 Å². The molecule has 0 unspecified atom stereocenters. The second kappa shape index (κ2) is 7.63. The lowest BCUT2D eigenvalue weighted by Crippen LogP contribution is -2.08. The second-order valence-corrected chi connectivity index (χ2v) is 8.95. The standard InChI is InChI=1S/C28H21N3O3/c1-16(2)15-31-23(29-28-26(31)30-27(34-28)17-8-4-3-5-9-17)14-22-24(32)20-12-18-10-6-7-11-19(18)13-21(20)25(22)33/h3-14,16H,15H2,1-2H3. The number of nitrogens with zero attached hydrogens (tertiary/aromatic N) is 3. The summed E-state index contributed by atoms with van der Waals surface area (Å²) in [4.78, 5) is 35.7. The topological polar surface area (TPSA) is 78.0 Å². The van der Waals surface area contributed by atoms with Gasteiger partial charge in [-0.3, -0.25) is 9.59 Å². The van der Waals surface area contributed by atoms with Gasteiger partial charge in [-0.25, -0.2) is 0 Å². The Bertz CT molecular complexity index is 1580. The van der Waals surface area contributed by atoms with Crippen molar-refractivity contribution in [2.75, 3.05) is 0 Å². The van der Waals surface area contributed by atoms with Gasteiger partial charge in [-0.15, -0.1) is 0 Å². The van der Waals surface area contributed by atoms with E-state index in [-0.39, 0.29) is 17.1 Å². The van der Waals surface area contributed by atoms with E-state index in [1.165, 1.54) is 0 Å². The average Bonchev–Trinajstić information content (AvgIpc) is 3.46. The van der Waals surface area contributed by atoms with E-state index in [1.54, 1.807) is 18.2 Å². The summed E-state index contributed by atoms with van der Waals surface area (Å²) in [7, 11) is 0. The van der Waals surface area contributed by atoms with E-state index < -0.39 is 0 Å². The first-order valence-corrected chi connectivity index (χ1v) is 11.3. The molecular weight excluding hydrogens is 426 g/mol. The zero-order valence-electron chi connectivity index (χ0n) is 18.8. The molecule has 0 N–H and O–H groups in total. The number of aromatic nitrogens is 3. The van der Waals surface area contributed by atoms with Gasteiger partial charge in [0.25, 0.3) is 5.71 Å². The number of hydrogen-bond acceptors (Lipinski definition) is 5. The van der Waals surface area contributed by atoms with Gasteiger partial charge in [-0.05, 0) is 47.0 Å². The number of Topliss-reactive ketones (excluding diaryl/α,β-unsaturated/α-hetero) is 2. The minimum absolute atomic E-state index is 0.117. The first-order valence-electron chi connectivity index (χ1n) is 11.3. The summed E-state index contributed by atoms with van der Waals surface area (Å²) in [5.41, 5.74) is 2.83. The van der Waals surface area contributed by atoms with Crippen LogP contribution < -0.4 is 0 Å². The normalized spacial score (nSPS) is 13.4. The van der Waals surface area contributed by atoms with Gasteiger partial charge in [-0.1, -0.05) is 56.3 Å². The molecule has 2 heterocycles. The summed E-state index contributed by atoms with van der Waals surface area (Å²) in [6, 6.07) is 20.9. The van der Waals surface area contributed by atoms with Crippen molar-refractivity contribution >= 4 is 39.8 Å². The van der Waals surface area contributed by atoms with Crippen molar-refractivity contribution in [1.29, 1.82) is 0 Å². The van der Waals surface area contributed by atoms with Gasteiger partial charge < -0.3 is 8.98 Å². The highest BCUT2D eigenvalue weighted by molar-refractivity contribution is 6.42. The molecule has 1 aliphatic carbocycles. The van der Waals surface area contributed by atoms with Crippen molar-refractivity contribution in [3.05, 3.63) is 89.3 Å². The Morgan fingerprint density at radius 3 is 2.12 bits per heavy atom. The third-order valence-electron chi connectivity index (χ3n) is 6.05. The Balaban J connectivity index is 1.47. The van der Waals surface area contributed by atoms with Gasteiger partial charge in [0, 0.05) is 23.2 Å². The first-order chi connectivity index (χ1) is 16.5. The van der Waals surface area contributed by atoms with Crippen LogP contribution in [-0.4, -0.2) is 26.1 Å². The molecule has 1 aliphatic rings. The van der Waals surface area contributed by atoms with Gasteiger partial charge in [0.2, 0.25) is 11.5 Å². The molecule has 6 rings (SSSR count). The quantitative estimate of drug-likeness (QED) is 0.251. The maximum atomic E-state index is 13.2. The van der Waals surface area contributed by atoms with Crippen molar-refractivity contribution in [1.82, 2.24) is 14.5 Å². The van der Waals surface area contributed by atoms with Crippen LogP contribution >= 0.6 is 0 Å². The lowest BCUT2D eigenvalue weighted by molar-refractivity contribution is 0.0990. The molecule has 0 amide bonds. The van der Waals surface area contributed by atoms with E-state index in [1.807, 2.05) is 59.2 Å². The highest BCUT2D eigenvalue weighted by atomic mass is 16.4. The molecule has 6 nitrogen and oxygen atoms in total. The summed E-state index contributed by atoms with van der Waals surface area (Å²) >= 11 is 0. The predicted octanol–water partition coefficient (Wildman–Crippen LogP) is 5.96. The van der Waals surface area contributed by atoms with Crippen LogP contribution in [0.4, 0.5) is 0 Å². The maximum Gasteiger partial charge on any atom is 0.267 e. The number of allylic oxidation sites excluding steroid dienone is 1. The average molecular weight is 447 g/mol. The van der Waals surface area contributed by atoms with Crippen LogP contribution in [0.3, 0.4) is 0 Å². The lowest BCUT2D eigenvalue weighted by atomic mass is 10.0. The predicted molar refractivity (Wildman–Crippen MR) is 131 cm³/mol.